The van der Waals surface area contributed by atoms with Gasteiger partial charge in [-0.1, -0.05) is 0 Å². The molecule has 1 atom stereocenters. The number of hydrogen-bond acceptors (Lipinski definition) is 4. The van der Waals surface area contributed by atoms with Crippen LogP contribution in [0.5, 0.6) is 0 Å². The van der Waals surface area contributed by atoms with Crippen molar-refractivity contribution < 1.29 is 18.1 Å². The summed E-state index contributed by atoms with van der Waals surface area (Å²) in [5, 5.41) is 8.42. The second-order valence-electron chi connectivity index (χ2n) is 1.34. The number of hydrogen-bond donors (Lipinski definition) is 4. The Morgan fingerprint density at radius 2 is 2.11 bits per heavy atom. The average molecular weight is 156 g/mol. The summed E-state index contributed by atoms with van der Waals surface area (Å²) in [6.07, 6.45) is -1.42. The molecule has 1 unspecified atom stereocenters. The molecular weight excluding hydrogens is 148 g/mol. The molecule has 56 valence electrons. The fourth-order valence-corrected chi connectivity index (χ4v) is 0.660. The third kappa shape index (κ3) is 5.66. The average Bonchev–Trinajstić information content (AvgIpc) is 1.62. The summed E-state index contributed by atoms with van der Waals surface area (Å²) in [5.74, 6) is 0. The van der Waals surface area contributed by atoms with Gasteiger partial charge in [-0.15, -0.1) is 0 Å². The lowest BCUT2D eigenvalue weighted by molar-refractivity contribution is 0.168. The van der Waals surface area contributed by atoms with Crippen molar-refractivity contribution in [3.8, 4) is 0 Å². The van der Waals surface area contributed by atoms with Gasteiger partial charge in [0.1, 0.15) is 6.23 Å². The fourth-order valence-electron chi connectivity index (χ4n) is 0.220. The van der Waals surface area contributed by atoms with E-state index >= 15 is 0 Å². The quantitative estimate of drug-likeness (QED) is 0.270. The molecule has 0 rings (SSSR count). The topological polar surface area (TPSA) is 113 Å². The van der Waals surface area contributed by atoms with E-state index in [1.165, 1.54) is 4.72 Å². The van der Waals surface area contributed by atoms with Crippen molar-refractivity contribution in [1.82, 2.24) is 4.72 Å². The van der Waals surface area contributed by atoms with Gasteiger partial charge in [0.2, 0.25) is 0 Å². The summed E-state index contributed by atoms with van der Waals surface area (Å²) in [5.41, 5.74) is 4.79. The number of aliphatic hydroxyl groups is 1. The molecule has 0 aliphatic heterocycles. The van der Waals surface area contributed by atoms with Crippen LogP contribution in [0.1, 0.15) is 0 Å². The molecule has 0 fully saturated rings. The first-order valence-electron chi connectivity index (χ1n) is 2.08. The van der Waals surface area contributed by atoms with E-state index in [9.17, 15) is 8.42 Å². The third-order valence-corrected chi connectivity index (χ3v) is 1.08. The lowest BCUT2D eigenvalue weighted by Crippen LogP contribution is -2.39. The third-order valence-electron chi connectivity index (χ3n) is 0.508. The minimum absolute atomic E-state index is 0.278. The molecule has 0 radical (unpaired) electrons. The summed E-state index contributed by atoms with van der Waals surface area (Å²) < 4.78 is 29.1. The molecule has 0 aliphatic carbocycles. The summed E-state index contributed by atoms with van der Waals surface area (Å²) in [7, 11) is -4.32. The van der Waals surface area contributed by atoms with Gasteiger partial charge in [0.15, 0.2) is 0 Å². The monoisotopic (exact) mass is 156 g/mol. The summed E-state index contributed by atoms with van der Waals surface area (Å²) in [6.45, 7) is -0.278. The molecule has 0 amide bonds. The Balaban J connectivity index is 3.75. The van der Waals surface area contributed by atoms with Crippen LogP contribution in [0.25, 0.3) is 0 Å². The van der Waals surface area contributed by atoms with Crippen molar-refractivity contribution >= 4 is 10.3 Å². The Morgan fingerprint density at radius 3 is 2.22 bits per heavy atom. The normalized spacial score (nSPS) is 15.4. The molecule has 0 saturated carbocycles. The molecule has 0 heterocycles. The Hall–Kier alpha value is -0.210. The van der Waals surface area contributed by atoms with Crippen LogP contribution in [0.2, 0.25) is 0 Å². The van der Waals surface area contributed by atoms with Gasteiger partial charge in [-0.25, -0.2) is 0 Å². The molecule has 0 spiro atoms. The predicted octanol–water partition coefficient (Wildman–Crippen LogP) is -2.34. The highest BCUT2D eigenvalue weighted by Crippen LogP contribution is 1.76. The van der Waals surface area contributed by atoms with Gasteiger partial charge in [-0.3, -0.25) is 4.55 Å². The maximum atomic E-state index is 9.83. The molecule has 0 aromatic heterocycles. The van der Waals surface area contributed by atoms with E-state index in [0.29, 0.717) is 0 Å². The Kier molecular flexibility index (Phi) is 3.01. The van der Waals surface area contributed by atoms with Crippen LogP contribution in [0.3, 0.4) is 0 Å². The first-order chi connectivity index (χ1) is 3.95. The van der Waals surface area contributed by atoms with E-state index in [1.54, 1.807) is 0 Å². The number of aliphatic hydroxyl groups excluding tert-OH is 1. The zero-order valence-corrected chi connectivity index (χ0v) is 5.30. The van der Waals surface area contributed by atoms with Crippen LogP contribution >= 0.6 is 0 Å². The zero-order valence-electron chi connectivity index (χ0n) is 4.48. The van der Waals surface area contributed by atoms with Gasteiger partial charge in [-0.2, -0.15) is 13.1 Å². The first-order valence-corrected chi connectivity index (χ1v) is 3.52. The highest BCUT2D eigenvalue weighted by atomic mass is 32.2. The molecule has 0 aromatic rings. The van der Waals surface area contributed by atoms with Crippen molar-refractivity contribution in [1.29, 1.82) is 0 Å². The summed E-state index contributed by atoms with van der Waals surface area (Å²) in [6, 6.07) is 0. The lowest BCUT2D eigenvalue weighted by atomic mass is 10.6. The molecule has 0 bridgehead atoms. The van der Waals surface area contributed by atoms with Crippen molar-refractivity contribution in [2.45, 2.75) is 6.23 Å². The Labute approximate surface area is 52.6 Å². The minimum Gasteiger partial charge on any atom is -0.376 e. The standard InChI is InChI=1S/C2H8N2O4S/c3-1-2(5)4-9(6,7)8/h2,4-5H,1,3H2,(H,6,7,8). The van der Waals surface area contributed by atoms with Crippen LogP contribution < -0.4 is 10.5 Å². The van der Waals surface area contributed by atoms with Gasteiger partial charge in [0.25, 0.3) is 0 Å². The summed E-state index contributed by atoms with van der Waals surface area (Å²) >= 11 is 0. The van der Waals surface area contributed by atoms with Gasteiger partial charge >= 0.3 is 10.3 Å². The zero-order chi connectivity index (χ0) is 7.49. The fraction of sp³-hybridized carbons (Fsp3) is 1.00. The van der Waals surface area contributed by atoms with Crippen molar-refractivity contribution in [2.75, 3.05) is 6.54 Å². The van der Waals surface area contributed by atoms with E-state index in [2.05, 4.69) is 0 Å². The molecule has 9 heavy (non-hydrogen) atoms. The molecule has 7 heteroatoms. The number of nitrogens with two attached hydrogens (primary N) is 1. The van der Waals surface area contributed by atoms with Crippen LogP contribution in [0, 0.1) is 0 Å². The van der Waals surface area contributed by atoms with Crippen molar-refractivity contribution in [3.05, 3.63) is 0 Å². The van der Waals surface area contributed by atoms with E-state index in [-0.39, 0.29) is 6.54 Å². The lowest BCUT2D eigenvalue weighted by Gasteiger charge is -2.04. The highest BCUT2D eigenvalue weighted by molar-refractivity contribution is 7.83. The van der Waals surface area contributed by atoms with Crippen molar-refractivity contribution in [3.63, 3.8) is 0 Å². The second-order valence-corrected chi connectivity index (χ2v) is 2.53. The molecule has 0 saturated heterocycles. The van der Waals surface area contributed by atoms with Gasteiger partial charge in [-0.05, 0) is 0 Å². The summed E-state index contributed by atoms with van der Waals surface area (Å²) in [4.78, 5) is 0. The number of rotatable bonds is 3. The van der Waals surface area contributed by atoms with E-state index in [0.717, 1.165) is 0 Å². The molecule has 0 aromatic carbocycles. The van der Waals surface area contributed by atoms with E-state index in [1.807, 2.05) is 0 Å². The van der Waals surface area contributed by atoms with Gasteiger partial charge in [0.05, 0.1) is 0 Å². The Morgan fingerprint density at radius 1 is 1.67 bits per heavy atom. The number of nitrogens with one attached hydrogen (secondary N) is 1. The second kappa shape index (κ2) is 3.08. The Bertz CT molecular complexity index is 163. The highest BCUT2D eigenvalue weighted by Gasteiger charge is 2.08. The first kappa shape index (κ1) is 8.79. The molecular formula is C2H8N2O4S. The van der Waals surface area contributed by atoms with Gasteiger partial charge < -0.3 is 10.8 Å². The largest absolute Gasteiger partial charge is 0.376 e. The van der Waals surface area contributed by atoms with Crippen LogP contribution in [-0.4, -0.2) is 30.8 Å². The minimum atomic E-state index is -4.32. The van der Waals surface area contributed by atoms with Crippen molar-refractivity contribution in [2.24, 2.45) is 5.73 Å². The SMILES string of the molecule is NCC(O)NS(=O)(=O)O. The van der Waals surface area contributed by atoms with Gasteiger partial charge in [0, 0.05) is 6.54 Å². The van der Waals surface area contributed by atoms with E-state index < -0.39 is 16.5 Å². The van der Waals surface area contributed by atoms with Crippen LogP contribution in [0.4, 0.5) is 0 Å². The van der Waals surface area contributed by atoms with Crippen LogP contribution in [-0.2, 0) is 10.3 Å². The molecule has 5 N–H and O–H groups in total. The maximum absolute atomic E-state index is 9.83. The smallest absolute Gasteiger partial charge is 0.335 e. The van der Waals surface area contributed by atoms with E-state index in [4.69, 9.17) is 15.4 Å². The predicted molar refractivity (Wildman–Crippen MR) is 29.7 cm³/mol. The van der Waals surface area contributed by atoms with Crippen LogP contribution in [0.15, 0.2) is 0 Å². The molecule has 0 aliphatic rings. The molecule has 6 nitrogen and oxygen atoms in total. The maximum Gasteiger partial charge on any atom is 0.335 e.